The van der Waals surface area contributed by atoms with Gasteiger partial charge < -0.3 is 4.74 Å². The summed E-state index contributed by atoms with van der Waals surface area (Å²) in [6.07, 6.45) is 0. The predicted octanol–water partition coefficient (Wildman–Crippen LogP) is 2.30. The SMILES string of the molecule is CCOC(=O)c1cc(C#N)c(Cl)c([N+](=O)[O-])c1. The van der Waals surface area contributed by atoms with Crippen molar-refractivity contribution in [2.24, 2.45) is 0 Å². The van der Waals surface area contributed by atoms with E-state index in [9.17, 15) is 14.9 Å². The van der Waals surface area contributed by atoms with E-state index in [1.807, 2.05) is 0 Å². The molecule has 1 rings (SSSR count). The Hall–Kier alpha value is -2.13. The molecule has 0 unspecified atom stereocenters. The monoisotopic (exact) mass is 254 g/mol. The normalized spacial score (nSPS) is 9.47. The first kappa shape index (κ1) is 12.9. The number of ether oxygens (including phenoxy) is 1. The Morgan fingerprint density at radius 3 is 2.76 bits per heavy atom. The first-order chi connectivity index (χ1) is 8.01. The number of hydrogen-bond donors (Lipinski definition) is 0. The largest absolute Gasteiger partial charge is 0.462 e. The van der Waals surface area contributed by atoms with E-state index in [4.69, 9.17) is 16.9 Å². The van der Waals surface area contributed by atoms with E-state index >= 15 is 0 Å². The zero-order chi connectivity index (χ0) is 13.0. The van der Waals surface area contributed by atoms with Gasteiger partial charge in [0.05, 0.1) is 22.7 Å². The molecule has 7 heteroatoms. The van der Waals surface area contributed by atoms with E-state index < -0.39 is 16.6 Å². The number of nitrogens with zero attached hydrogens (tertiary/aromatic N) is 2. The summed E-state index contributed by atoms with van der Waals surface area (Å²) >= 11 is 5.64. The molecular formula is C10H7ClN2O4. The fourth-order valence-corrected chi connectivity index (χ4v) is 1.38. The molecule has 1 aromatic carbocycles. The number of benzene rings is 1. The van der Waals surface area contributed by atoms with Crippen LogP contribution in [0.4, 0.5) is 5.69 Å². The standard InChI is InChI=1S/C10H7ClN2O4/c1-2-17-10(14)6-3-7(5-12)9(11)8(4-6)13(15)16/h3-4H,2H2,1H3. The molecule has 0 saturated carbocycles. The smallest absolute Gasteiger partial charge is 0.338 e. The molecule has 0 heterocycles. The highest BCUT2D eigenvalue weighted by atomic mass is 35.5. The summed E-state index contributed by atoms with van der Waals surface area (Å²) in [5, 5.41) is 19.1. The highest BCUT2D eigenvalue weighted by molar-refractivity contribution is 6.34. The van der Waals surface area contributed by atoms with Gasteiger partial charge in [-0.1, -0.05) is 11.6 Å². The molecular weight excluding hydrogens is 248 g/mol. The third kappa shape index (κ3) is 2.71. The average molecular weight is 255 g/mol. The molecule has 0 N–H and O–H groups in total. The Bertz CT molecular complexity index is 522. The lowest BCUT2D eigenvalue weighted by Gasteiger charge is -2.03. The summed E-state index contributed by atoms with van der Waals surface area (Å²) in [6, 6.07) is 3.83. The highest BCUT2D eigenvalue weighted by Gasteiger charge is 2.21. The van der Waals surface area contributed by atoms with E-state index in [1.165, 1.54) is 0 Å². The van der Waals surface area contributed by atoms with Crippen molar-refractivity contribution in [3.8, 4) is 6.07 Å². The van der Waals surface area contributed by atoms with Gasteiger partial charge in [0.2, 0.25) is 0 Å². The number of halogens is 1. The van der Waals surface area contributed by atoms with Crippen LogP contribution in [0.5, 0.6) is 0 Å². The van der Waals surface area contributed by atoms with Crippen LogP contribution in [-0.2, 0) is 4.74 Å². The fraction of sp³-hybridized carbons (Fsp3) is 0.200. The number of carbonyl (C=O) groups excluding carboxylic acids is 1. The minimum atomic E-state index is -0.758. The Morgan fingerprint density at radius 1 is 1.65 bits per heavy atom. The molecule has 0 aliphatic heterocycles. The van der Waals surface area contributed by atoms with Crippen LogP contribution in [0.1, 0.15) is 22.8 Å². The summed E-state index contributed by atoms with van der Waals surface area (Å²) < 4.78 is 4.69. The van der Waals surface area contributed by atoms with Crippen molar-refractivity contribution in [2.75, 3.05) is 6.61 Å². The van der Waals surface area contributed by atoms with E-state index in [2.05, 4.69) is 4.74 Å². The van der Waals surface area contributed by atoms with Gasteiger partial charge in [0.25, 0.3) is 5.69 Å². The van der Waals surface area contributed by atoms with Gasteiger partial charge in [0, 0.05) is 6.07 Å². The zero-order valence-electron chi connectivity index (χ0n) is 8.77. The van der Waals surface area contributed by atoms with Crippen molar-refractivity contribution >= 4 is 23.3 Å². The van der Waals surface area contributed by atoms with Crippen LogP contribution < -0.4 is 0 Å². The van der Waals surface area contributed by atoms with Crippen LogP contribution in [0.25, 0.3) is 0 Å². The zero-order valence-corrected chi connectivity index (χ0v) is 9.52. The van der Waals surface area contributed by atoms with Gasteiger partial charge in [0.1, 0.15) is 11.1 Å². The van der Waals surface area contributed by atoms with Gasteiger partial charge in [-0.3, -0.25) is 10.1 Å². The lowest BCUT2D eigenvalue weighted by molar-refractivity contribution is -0.384. The van der Waals surface area contributed by atoms with Crippen LogP contribution in [0.3, 0.4) is 0 Å². The van der Waals surface area contributed by atoms with Gasteiger partial charge >= 0.3 is 5.97 Å². The summed E-state index contributed by atoms with van der Waals surface area (Å²) in [4.78, 5) is 21.3. The summed E-state index contributed by atoms with van der Waals surface area (Å²) in [7, 11) is 0. The molecule has 0 fully saturated rings. The van der Waals surface area contributed by atoms with Crippen LogP contribution in [-0.4, -0.2) is 17.5 Å². The van der Waals surface area contributed by atoms with Crippen LogP contribution in [0, 0.1) is 21.4 Å². The first-order valence-corrected chi connectivity index (χ1v) is 4.94. The van der Waals surface area contributed by atoms with Gasteiger partial charge in [-0.2, -0.15) is 5.26 Å². The molecule has 6 nitrogen and oxygen atoms in total. The molecule has 0 bridgehead atoms. The topological polar surface area (TPSA) is 93.2 Å². The predicted molar refractivity (Wildman–Crippen MR) is 58.8 cm³/mol. The maximum Gasteiger partial charge on any atom is 0.338 e. The molecule has 0 aliphatic carbocycles. The van der Waals surface area contributed by atoms with Crippen LogP contribution >= 0.6 is 11.6 Å². The molecule has 0 aliphatic rings. The minimum absolute atomic E-state index is 0.0699. The van der Waals surface area contributed by atoms with E-state index in [1.54, 1.807) is 13.0 Å². The Morgan fingerprint density at radius 2 is 2.29 bits per heavy atom. The van der Waals surface area contributed by atoms with Gasteiger partial charge in [-0.25, -0.2) is 4.79 Å². The summed E-state index contributed by atoms with van der Waals surface area (Å²) in [5.41, 5.74) is -0.697. The Balaban J connectivity index is 3.36. The molecule has 0 saturated heterocycles. The second kappa shape index (κ2) is 5.27. The minimum Gasteiger partial charge on any atom is -0.462 e. The third-order valence-electron chi connectivity index (χ3n) is 1.88. The maximum absolute atomic E-state index is 11.4. The lowest BCUT2D eigenvalue weighted by atomic mass is 10.1. The quantitative estimate of drug-likeness (QED) is 0.469. The summed E-state index contributed by atoms with van der Waals surface area (Å²) in [6.45, 7) is 1.74. The molecule has 1 aromatic rings. The Kier molecular flexibility index (Phi) is 4.01. The molecule has 0 radical (unpaired) electrons. The van der Waals surface area contributed by atoms with Crippen molar-refractivity contribution in [1.82, 2.24) is 0 Å². The van der Waals surface area contributed by atoms with Gasteiger partial charge in [-0.15, -0.1) is 0 Å². The van der Waals surface area contributed by atoms with Crippen molar-refractivity contribution in [2.45, 2.75) is 6.92 Å². The van der Waals surface area contributed by atoms with Crippen molar-refractivity contribution in [1.29, 1.82) is 5.26 Å². The van der Waals surface area contributed by atoms with Gasteiger partial charge in [0.15, 0.2) is 0 Å². The van der Waals surface area contributed by atoms with E-state index in [0.29, 0.717) is 0 Å². The van der Waals surface area contributed by atoms with Crippen molar-refractivity contribution in [3.05, 3.63) is 38.4 Å². The highest BCUT2D eigenvalue weighted by Crippen LogP contribution is 2.29. The number of nitro groups is 1. The molecule has 0 spiro atoms. The molecule has 0 atom stereocenters. The number of hydrogen-bond acceptors (Lipinski definition) is 5. The molecule has 0 amide bonds. The van der Waals surface area contributed by atoms with E-state index in [0.717, 1.165) is 12.1 Å². The second-order valence-corrected chi connectivity index (χ2v) is 3.32. The first-order valence-electron chi connectivity index (χ1n) is 4.56. The molecule has 17 heavy (non-hydrogen) atoms. The number of nitro benzene ring substituents is 1. The van der Waals surface area contributed by atoms with Crippen molar-refractivity contribution < 1.29 is 14.5 Å². The van der Waals surface area contributed by atoms with Crippen molar-refractivity contribution in [3.63, 3.8) is 0 Å². The lowest BCUT2D eigenvalue weighted by Crippen LogP contribution is -2.06. The Labute approximate surface area is 102 Å². The fourth-order valence-electron chi connectivity index (χ4n) is 1.16. The average Bonchev–Trinajstić information content (AvgIpc) is 2.29. The van der Waals surface area contributed by atoms with Crippen LogP contribution in [0.2, 0.25) is 5.02 Å². The van der Waals surface area contributed by atoms with E-state index in [-0.39, 0.29) is 22.8 Å². The number of carbonyl (C=O) groups is 1. The molecule has 88 valence electrons. The van der Waals surface area contributed by atoms with Crippen LogP contribution in [0.15, 0.2) is 12.1 Å². The number of nitriles is 1. The number of esters is 1. The van der Waals surface area contributed by atoms with Gasteiger partial charge in [-0.05, 0) is 13.0 Å². The maximum atomic E-state index is 11.4. The second-order valence-electron chi connectivity index (χ2n) is 2.95. The third-order valence-corrected chi connectivity index (χ3v) is 2.28. The number of rotatable bonds is 3. The summed E-state index contributed by atoms with van der Waals surface area (Å²) in [5.74, 6) is -0.733. The molecule has 0 aromatic heterocycles.